The highest BCUT2D eigenvalue weighted by Crippen LogP contribution is 2.28. The van der Waals surface area contributed by atoms with Crippen molar-refractivity contribution in [1.82, 2.24) is 19.6 Å². The molecule has 2 N–H and O–H groups in total. The summed E-state index contributed by atoms with van der Waals surface area (Å²) in [6.07, 6.45) is 2.01. The van der Waals surface area contributed by atoms with Crippen molar-refractivity contribution in [3.8, 4) is 11.4 Å². The fourth-order valence-electron chi connectivity index (χ4n) is 3.62. The third-order valence-electron chi connectivity index (χ3n) is 6.07. The first kappa shape index (κ1) is 20.8. The first-order valence-electron chi connectivity index (χ1n) is 10.8. The van der Waals surface area contributed by atoms with Gasteiger partial charge in [-0.2, -0.15) is 9.50 Å². The first-order valence-corrected chi connectivity index (χ1v) is 10.8. The van der Waals surface area contributed by atoms with Gasteiger partial charge in [0.1, 0.15) is 0 Å². The number of hydrogen-bond donors (Lipinski definition) is 2. The Morgan fingerprint density at radius 1 is 1.03 bits per heavy atom. The topological polar surface area (TPSA) is 75.1 Å². The lowest BCUT2D eigenvalue weighted by molar-refractivity contribution is 0.506. The van der Waals surface area contributed by atoms with E-state index in [9.17, 15) is 4.79 Å². The number of fused-ring (bicyclic) bond motifs is 1. The van der Waals surface area contributed by atoms with E-state index in [2.05, 4.69) is 66.3 Å². The standard InChI is InChI=1S/C25H29N5O/c1-5-17-9-7-8-10-21(17)26-16-20-15-22(31)30-24(27-20)28-23(29-30)18-11-13-19(14-12-18)25(3,4)6-2/h7-15,26H,5-6,16H2,1-4H3,(H,27,28,29). The summed E-state index contributed by atoms with van der Waals surface area (Å²) in [4.78, 5) is 21.8. The van der Waals surface area contributed by atoms with E-state index in [1.54, 1.807) is 6.07 Å². The number of nitrogens with one attached hydrogen (secondary N) is 2. The van der Waals surface area contributed by atoms with Crippen LogP contribution in [0.25, 0.3) is 17.2 Å². The van der Waals surface area contributed by atoms with Crippen molar-refractivity contribution in [2.75, 3.05) is 5.32 Å². The van der Waals surface area contributed by atoms with Crippen molar-refractivity contribution in [2.45, 2.75) is 52.5 Å². The minimum Gasteiger partial charge on any atom is -0.379 e. The summed E-state index contributed by atoms with van der Waals surface area (Å²) in [5, 5.41) is 6.47. The molecule has 0 atom stereocenters. The molecule has 0 saturated heterocycles. The minimum absolute atomic E-state index is 0.128. The van der Waals surface area contributed by atoms with E-state index in [4.69, 9.17) is 0 Å². The Bertz CT molecular complexity index is 1250. The van der Waals surface area contributed by atoms with E-state index in [-0.39, 0.29) is 11.0 Å². The number of hydrogen-bond acceptors (Lipinski definition) is 4. The molecule has 2 heterocycles. The van der Waals surface area contributed by atoms with Gasteiger partial charge in [-0.05, 0) is 35.4 Å². The number of aromatic amines is 1. The molecular formula is C25H29N5O. The number of nitrogens with zero attached hydrogens (tertiary/aromatic N) is 3. The highest BCUT2D eigenvalue weighted by Gasteiger charge is 2.18. The molecule has 4 aromatic rings. The van der Waals surface area contributed by atoms with Crippen LogP contribution >= 0.6 is 0 Å². The molecule has 0 fully saturated rings. The average Bonchev–Trinajstić information content (AvgIpc) is 3.23. The van der Waals surface area contributed by atoms with E-state index in [0.29, 0.717) is 23.8 Å². The molecule has 0 aliphatic rings. The van der Waals surface area contributed by atoms with Crippen LogP contribution in [0, 0.1) is 0 Å². The fourth-order valence-corrected chi connectivity index (χ4v) is 3.62. The van der Waals surface area contributed by atoms with Gasteiger partial charge in [0.2, 0.25) is 0 Å². The zero-order valence-electron chi connectivity index (χ0n) is 18.6. The van der Waals surface area contributed by atoms with Crippen molar-refractivity contribution >= 4 is 11.5 Å². The maximum atomic E-state index is 12.6. The molecule has 0 aliphatic heterocycles. The lowest BCUT2D eigenvalue weighted by atomic mass is 9.82. The van der Waals surface area contributed by atoms with Crippen molar-refractivity contribution in [2.24, 2.45) is 0 Å². The van der Waals surface area contributed by atoms with E-state index in [0.717, 1.165) is 24.1 Å². The zero-order valence-corrected chi connectivity index (χ0v) is 18.6. The Kier molecular flexibility index (Phi) is 5.63. The third kappa shape index (κ3) is 4.24. The largest absolute Gasteiger partial charge is 0.379 e. The van der Waals surface area contributed by atoms with E-state index < -0.39 is 0 Å². The summed E-state index contributed by atoms with van der Waals surface area (Å²) < 4.78 is 1.39. The van der Waals surface area contributed by atoms with Crippen LogP contribution in [0.2, 0.25) is 0 Å². The molecule has 0 amide bonds. The molecule has 0 bridgehead atoms. The van der Waals surface area contributed by atoms with Gasteiger partial charge in [0, 0.05) is 17.3 Å². The number of H-pyrrole nitrogens is 1. The van der Waals surface area contributed by atoms with Gasteiger partial charge in [-0.1, -0.05) is 70.2 Å². The maximum Gasteiger partial charge on any atom is 0.274 e. The number of para-hydroxylation sites is 1. The van der Waals surface area contributed by atoms with Gasteiger partial charge in [-0.3, -0.25) is 9.89 Å². The lowest BCUT2D eigenvalue weighted by Gasteiger charge is -2.23. The second-order valence-electron chi connectivity index (χ2n) is 8.47. The van der Waals surface area contributed by atoms with Gasteiger partial charge in [-0.25, -0.2) is 4.98 Å². The van der Waals surface area contributed by atoms with Crippen LogP contribution < -0.4 is 10.9 Å². The van der Waals surface area contributed by atoms with Gasteiger partial charge in [0.05, 0.1) is 12.2 Å². The van der Waals surface area contributed by atoms with Crippen LogP contribution in [-0.2, 0) is 18.4 Å². The fraction of sp³-hybridized carbons (Fsp3) is 0.320. The number of benzene rings is 2. The first-order chi connectivity index (χ1) is 14.9. The average molecular weight is 416 g/mol. The molecule has 0 radical (unpaired) electrons. The lowest BCUT2D eigenvalue weighted by Crippen LogP contribution is -2.17. The highest BCUT2D eigenvalue weighted by atomic mass is 16.1. The normalized spacial score (nSPS) is 11.7. The Morgan fingerprint density at radius 2 is 1.77 bits per heavy atom. The monoisotopic (exact) mass is 415 g/mol. The Labute approximate surface area is 182 Å². The predicted molar refractivity (Wildman–Crippen MR) is 126 cm³/mol. The second-order valence-corrected chi connectivity index (χ2v) is 8.47. The Morgan fingerprint density at radius 3 is 2.48 bits per heavy atom. The third-order valence-corrected chi connectivity index (χ3v) is 6.07. The molecule has 6 nitrogen and oxygen atoms in total. The van der Waals surface area contributed by atoms with Crippen molar-refractivity contribution < 1.29 is 0 Å². The summed E-state index contributed by atoms with van der Waals surface area (Å²) in [5.41, 5.74) is 5.12. The van der Waals surface area contributed by atoms with Gasteiger partial charge in [0.25, 0.3) is 11.3 Å². The summed E-state index contributed by atoms with van der Waals surface area (Å²) in [7, 11) is 0. The number of rotatable bonds is 7. The molecule has 2 aromatic heterocycles. The van der Waals surface area contributed by atoms with Gasteiger partial charge in [-0.15, -0.1) is 0 Å². The van der Waals surface area contributed by atoms with Crippen LogP contribution in [0.4, 0.5) is 5.69 Å². The quantitative estimate of drug-likeness (QED) is 0.448. The molecule has 6 heteroatoms. The van der Waals surface area contributed by atoms with Gasteiger partial charge < -0.3 is 5.32 Å². The summed E-state index contributed by atoms with van der Waals surface area (Å²) in [6, 6.07) is 18.1. The zero-order chi connectivity index (χ0) is 22.0. The maximum absolute atomic E-state index is 12.6. The second kappa shape index (κ2) is 8.38. The molecule has 4 rings (SSSR count). The molecule has 160 valence electrons. The summed E-state index contributed by atoms with van der Waals surface area (Å²) in [5.74, 6) is 1.01. The van der Waals surface area contributed by atoms with Crippen molar-refractivity contribution in [3.05, 3.63) is 81.8 Å². The number of aryl methyl sites for hydroxylation is 1. The molecular weight excluding hydrogens is 386 g/mol. The van der Waals surface area contributed by atoms with E-state index in [1.807, 2.05) is 30.3 Å². The van der Waals surface area contributed by atoms with Crippen LogP contribution in [-0.4, -0.2) is 19.6 Å². The van der Waals surface area contributed by atoms with Gasteiger partial charge >= 0.3 is 0 Å². The SMILES string of the molecule is CCc1ccccc1NCc1cc(=O)n2[nH]c(-c3ccc(C(C)(C)CC)cc3)nc2n1. The molecule has 0 saturated carbocycles. The van der Waals surface area contributed by atoms with Crippen LogP contribution in [0.5, 0.6) is 0 Å². The van der Waals surface area contributed by atoms with Crippen LogP contribution in [0.1, 0.15) is 50.9 Å². The summed E-state index contributed by atoms with van der Waals surface area (Å²) in [6.45, 7) is 9.25. The Hall–Kier alpha value is -3.41. The van der Waals surface area contributed by atoms with Crippen LogP contribution in [0.15, 0.2) is 59.4 Å². The number of aromatic nitrogens is 4. The molecule has 0 unspecified atom stereocenters. The van der Waals surface area contributed by atoms with Crippen LogP contribution in [0.3, 0.4) is 0 Å². The van der Waals surface area contributed by atoms with E-state index in [1.165, 1.54) is 15.6 Å². The highest BCUT2D eigenvalue weighted by molar-refractivity contribution is 5.58. The van der Waals surface area contributed by atoms with Gasteiger partial charge in [0.15, 0.2) is 5.82 Å². The number of anilines is 1. The van der Waals surface area contributed by atoms with E-state index >= 15 is 0 Å². The Balaban J connectivity index is 1.60. The van der Waals surface area contributed by atoms with Crippen molar-refractivity contribution in [1.29, 1.82) is 0 Å². The minimum atomic E-state index is -0.173. The molecule has 0 aliphatic carbocycles. The summed E-state index contributed by atoms with van der Waals surface area (Å²) >= 11 is 0. The molecule has 0 spiro atoms. The molecule has 2 aromatic carbocycles. The smallest absolute Gasteiger partial charge is 0.274 e. The molecule has 31 heavy (non-hydrogen) atoms. The van der Waals surface area contributed by atoms with Crippen molar-refractivity contribution in [3.63, 3.8) is 0 Å². The predicted octanol–water partition coefficient (Wildman–Crippen LogP) is 4.95.